The number of hydrogen-bond acceptors (Lipinski definition) is 3. The number of hydrogen-bond donors (Lipinski definition) is 0. The number of pyridine rings is 1. The molecule has 1 saturated heterocycles. The fourth-order valence-corrected chi connectivity index (χ4v) is 4.42. The Hall–Kier alpha value is -0.598. The van der Waals surface area contributed by atoms with Crippen molar-refractivity contribution in [1.29, 1.82) is 0 Å². The normalized spacial score (nSPS) is 17.8. The largest absolute Gasteiger partial charge is 0.662 e. The molecule has 29 heavy (non-hydrogen) atoms. The predicted octanol–water partition coefficient (Wildman–Crippen LogP) is 4.43. The minimum Gasteiger partial charge on any atom is -0.662 e. The monoisotopic (exact) mass is 603 g/mol. The van der Waals surface area contributed by atoms with Crippen molar-refractivity contribution in [3.8, 4) is 0 Å². The zero-order valence-corrected chi connectivity index (χ0v) is 22.0. The van der Waals surface area contributed by atoms with Crippen molar-refractivity contribution >= 4 is 5.78 Å². The standard InChI is InChI=1S/C24H30N3O.Ac/c28-24(4-1-19-5-11-25-12-6-19)23-3-2-21-9-15-27(16-10-22(21)17-23)18-20-7-13-26-14-8-20;/h2-3,7-8,13-14,17,19H,1,4-6,9-12,15-16,18H2;/q-1;. The van der Waals surface area contributed by atoms with Crippen LogP contribution in [0.2, 0.25) is 0 Å². The van der Waals surface area contributed by atoms with Crippen LogP contribution in [0.15, 0.2) is 42.7 Å². The maximum atomic E-state index is 12.7. The van der Waals surface area contributed by atoms with Gasteiger partial charge < -0.3 is 5.32 Å². The maximum Gasteiger partial charge on any atom is 0.162 e. The smallest absolute Gasteiger partial charge is 0.162 e. The van der Waals surface area contributed by atoms with Crippen molar-refractivity contribution in [2.75, 3.05) is 26.2 Å². The van der Waals surface area contributed by atoms with E-state index in [1.807, 2.05) is 12.4 Å². The van der Waals surface area contributed by atoms with E-state index in [0.717, 1.165) is 70.4 Å². The first-order valence-electron chi connectivity index (χ1n) is 10.7. The van der Waals surface area contributed by atoms with E-state index in [0.29, 0.717) is 18.1 Å². The Morgan fingerprint density at radius 2 is 1.76 bits per heavy atom. The Morgan fingerprint density at radius 3 is 2.52 bits per heavy atom. The summed E-state index contributed by atoms with van der Waals surface area (Å²) in [6, 6.07) is 10.6. The summed E-state index contributed by atoms with van der Waals surface area (Å²) in [4.78, 5) is 19.3. The molecule has 0 amide bonds. The van der Waals surface area contributed by atoms with Crippen LogP contribution in [0.1, 0.15) is 52.7 Å². The number of carbonyl (C=O) groups excluding carboxylic acids is 1. The van der Waals surface area contributed by atoms with Crippen LogP contribution in [0, 0.1) is 50.0 Å². The zero-order valence-electron chi connectivity index (χ0n) is 17.2. The quantitative estimate of drug-likeness (QED) is 0.460. The Labute approximate surface area is 210 Å². The van der Waals surface area contributed by atoms with Crippen molar-refractivity contribution in [1.82, 2.24) is 9.88 Å². The molecule has 0 bridgehead atoms. The van der Waals surface area contributed by atoms with E-state index in [1.165, 1.54) is 16.7 Å². The van der Waals surface area contributed by atoms with E-state index in [-0.39, 0.29) is 44.1 Å². The third-order valence-electron chi connectivity index (χ3n) is 6.25. The third-order valence-corrected chi connectivity index (χ3v) is 6.25. The molecule has 0 N–H and O–H groups in total. The van der Waals surface area contributed by atoms with Crippen LogP contribution in [0.5, 0.6) is 0 Å². The van der Waals surface area contributed by atoms with Crippen molar-refractivity contribution in [2.24, 2.45) is 5.92 Å². The van der Waals surface area contributed by atoms with Gasteiger partial charge in [0.25, 0.3) is 0 Å². The molecule has 151 valence electrons. The van der Waals surface area contributed by atoms with Crippen molar-refractivity contribution < 1.29 is 48.9 Å². The first-order chi connectivity index (χ1) is 13.8. The molecule has 4 rings (SSSR count). The molecule has 2 aromatic rings. The summed E-state index contributed by atoms with van der Waals surface area (Å²) in [7, 11) is 0. The molecule has 0 saturated carbocycles. The molecule has 4 nitrogen and oxygen atoms in total. The molecule has 1 aromatic heterocycles. The van der Waals surface area contributed by atoms with Gasteiger partial charge in [-0.25, -0.2) is 0 Å². The second-order valence-electron chi connectivity index (χ2n) is 8.19. The van der Waals surface area contributed by atoms with Gasteiger partial charge in [-0.2, -0.15) is 0 Å². The number of nitrogens with zero attached hydrogens (tertiary/aromatic N) is 3. The first-order valence-corrected chi connectivity index (χ1v) is 10.7. The molecule has 0 spiro atoms. The summed E-state index contributed by atoms with van der Waals surface area (Å²) in [5, 5.41) is 4.41. The van der Waals surface area contributed by atoms with Crippen LogP contribution >= 0.6 is 0 Å². The fraction of sp³-hybridized carbons (Fsp3) is 0.500. The van der Waals surface area contributed by atoms with E-state index in [4.69, 9.17) is 0 Å². The maximum absolute atomic E-state index is 12.7. The van der Waals surface area contributed by atoms with Crippen molar-refractivity contribution in [3.05, 3.63) is 70.3 Å². The summed E-state index contributed by atoms with van der Waals surface area (Å²) in [6.45, 7) is 5.03. The van der Waals surface area contributed by atoms with Gasteiger partial charge in [0.05, 0.1) is 0 Å². The summed E-state index contributed by atoms with van der Waals surface area (Å²) in [6.07, 6.45) is 9.81. The van der Waals surface area contributed by atoms with Crippen molar-refractivity contribution in [3.63, 3.8) is 0 Å². The van der Waals surface area contributed by atoms with Gasteiger partial charge in [0.2, 0.25) is 0 Å². The minimum absolute atomic E-state index is 0. The minimum atomic E-state index is 0. The summed E-state index contributed by atoms with van der Waals surface area (Å²) < 4.78 is 0. The second kappa shape index (κ2) is 11.7. The summed E-state index contributed by atoms with van der Waals surface area (Å²) in [5.41, 5.74) is 4.98. The van der Waals surface area contributed by atoms with Crippen LogP contribution in [-0.4, -0.2) is 41.8 Å². The summed E-state index contributed by atoms with van der Waals surface area (Å²) >= 11 is 0. The molecule has 1 aromatic carbocycles. The number of fused-ring (bicyclic) bond motifs is 1. The average molecular weight is 604 g/mol. The van der Waals surface area contributed by atoms with Crippen LogP contribution < -0.4 is 0 Å². The zero-order chi connectivity index (χ0) is 19.2. The van der Waals surface area contributed by atoms with E-state index < -0.39 is 0 Å². The van der Waals surface area contributed by atoms with E-state index in [1.54, 1.807) is 0 Å². The Balaban J connectivity index is 0.00000240. The van der Waals surface area contributed by atoms with Gasteiger partial charge in [-0.05, 0) is 60.1 Å². The number of benzene rings is 1. The molecule has 2 aliphatic rings. The molecule has 0 atom stereocenters. The number of rotatable bonds is 6. The van der Waals surface area contributed by atoms with Crippen LogP contribution in [0.4, 0.5) is 0 Å². The van der Waals surface area contributed by atoms with Gasteiger partial charge in [0.15, 0.2) is 5.78 Å². The molecule has 5 heteroatoms. The van der Waals surface area contributed by atoms with E-state index in [9.17, 15) is 4.79 Å². The molecule has 1 radical (unpaired) electrons. The average Bonchev–Trinajstić information content (AvgIpc) is 2.95. The Bertz CT molecular complexity index is 790. The topological polar surface area (TPSA) is 47.3 Å². The number of carbonyl (C=O) groups is 1. The fourth-order valence-electron chi connectivity index (χ4n) is 4.42. The molecule has 1 fully saturated rings. The third kappa shape index (κ3) is 6.69. The number of aromatic nitrogens is 1. The van der Waals surface area contributed by atoms with Gasteiger partial charge in [-0.15, -0.1) is 13.1 Å². The van der Waals surface area contributed by atoms with Gasteiger partial charge >= 0.3 is 0 Å². The molecular formula is C24H30AcN3O-. The molecular weight excluding hydrogens is 573 g/mol. The molecule has 2 aliphatic heterocycles. The Morgan fingerprint density at radius 1 is 1.03 bits per heavy atom. The van der Waals surface area contributed by atoms with Crippen LogP contribution in [0.3, 0.4) is 0 Å². The van der Waals surface area contributed by atoms with Crippen LogP contribution in [0.25, 0.3) is 5.32 Å². The van der Waals surface area contributed by atoms with Gasteiger partial charge in [-0.1, -0.05) is 25.0 Å². The van der Waals surface area contributed by atoms with Crippen molar-refractivity contribution in [2.45, 2.75) is 45.1 Å². The van der Waals surface area contributed by atoms with E-state index in [2.05, 4.69) is 45.5 Å². The number of Topliss-reactive ketones (excluding diaryl/α,β-unsaturated/α-hetero) is 1. The van der Waals surface area contributed by atoms with Gasteiger partial charge in [0.1, 0.15) is 0 Å². The first kappa shape index (κ1) is 23.1. The SMILES string of the molecule is O=C(CCC1CC[N-]CC1)c1ccc2c(c1)CCN(Cc1ccncc1)CC2.[Ac]. The van der Waals surface area contributed by atoms with Gasteiger partial charge in [0, 0.05) is 88.1 Å². The molecule has 0 unspecified atom stereocenters. The summed E-state index contributed by atoms with van der Waals surface area (Å²) in [5.74, 6) is 0.993. The van der Waals surface area contributed by atoms with Gasteiger partial charge in [-0.3, -0.25) is 14.7 Å². The van der Waals surface area contributed by atoms with Crippen LogP contribution in [-0.2, 0) is 19.4 Å². The van der Waals surface area contributed by atoms with E-state index >= 15 is 0 Å². The Kier molecular flexibility index (Phi) is 9.31. The molecule has 3 heterocycles. The number of ketones is 1. The molecule has 0 aliphatic carbocycles. The second-order valence-corrected chi connectivity index (χ2v) is 8.19. The number of piperidine rings is 1. The predicted molar refractivity (Wildman–Crippen MR) is 113 cm³/mol.